The first kappa shape index (κ1) is 14.1. The Morgan fingerprint density at radius 2 is 1.85 bits per heavy atom. The van der Waals surface area contributed by atoms with Crippen LogP contribution in [0.1, 0.15) is 53.1 Å². The third-order valence-electron chi connectivity index (χ3n) is 5.71. The summed E-state index contributed by atoms with van der Waals surface area (Å²) in [6, 6.07) is 12.1. The predicted octanol–water partition coefficient (Wildman–Crippen LogP) is 3.85. The van der Waals surface area contributed by atoms with E-state index in [9.17, 15) is 0 Å². The normalized spacial score (nSPS) is 34.5. The van der Waals surface area contributed by atoms with Crippen molar-refractivity contribution in [3.63, 3.8) is 0 Å². The molecular formula is C18H30N2. The van der Waals surface area contributed by atoms with Gasteiger partial charge in [0, 0.05) is 19.0 Å². The van der Waals surface area contributed by atoms with Crippen LogP contribution < -0.4 is 5.32 Å². The minimum Gasteiger partial charge on any atom is -0.305 e. The molecule has 0 radical (unpaired) electrons. The Morgan fingerprint density at radius 1 is 1.20 bits per heavy atom. The summed E-state index contributed by atoms with van der Waals surface area (Å²) in [5.41, 5.74) is 1.97. The van der Waals surface area contributed by atoms with Gasteiger partial charge < -0.3 is 5.32 Å². The molecule has 1 spiro atoms. The Morgan fingerprint density at radius 3 is 2.45 bits per heavy atom. The number of fused-ring (bicyclic) bond motifs is 2. The summed E-state index contributed by atoms with van der Waals surface area (Å²) in [7, 11) is 0. The molecule has 4 aliphatic rings. The summed E-state index contributed by atoms with van der Waals surface area (Å²) in [5.74, 6) is 0.915. The molecule has 5 rings (SSSR count). The van der Waals surface area contributed by atoms with E-state index in [2.05, 4.69) is 47.5 Å². The van der Waals surface area contributed by atoms with E-state index in [0.29, 0.717) is 11.6 Å². The van der Waals surface area contributed by atoms with Crippen LogP contribution in [0.25, 0.3) is 0 Å². The van der Waals surface area contributed by atoms with E-state index in [-0.39, 0.29) is 8.85 Å². The topological polar surface area (TPSA) is 15.3 Å². The van der Waals surface area contributed by atoms with Crippen molar-refractivity contribution in [1.29, 1.82) is 0 Å². The first-order chi connectivity index (χ1) is 9.29. The Balaban J connectivity index is 0.000000807. The number of nitrogens with zero attached hydrogens (tertiary/aromatic N) is 1. The van der Waals surface area contributed by atoms with Gasteiger partial charge in [0.2, 0.25) is 0 Å². The van der Waals surface area contributed by atoms with Gasteiger partial charge in [-0.15, -0.1) is 0 Å². The molecule has 1 aliphatic carbocycles. The lowest BCUT2D eigenvalue weighted by molar-refractivity contribution is -0.00655. The number of nitrogens with one attached hydrogen (secondary N) is 1. The van der Waals surface area contributed by atoms with Crippen molar-refractivity contribution in [2.24, 2.45) is 5.92 Å². The Bertz CT molecular complexity index is 450. The smallest absolute Gasteiger partial charge is 0.0366 e. The van der Waals surface area contributed by atoms with Crippen LogP contribution in [0, 0.1) is 5.92 Å². The second-order valence-corrected chi connectivity index (χ2v) is 6.70. The lowest BCUT2D eigenvalue weighted by Crippen LogP contribution is -2.64. The van der Waals surface area contributed by atoms with Crippen LogP contribution in [0.3, 0.4) is 0 Å². The van der Waals surface area contributed by atoms with Gasteiger partial charge in [-0.25, -0.2) is 0 Å². The molecule has 4 fully saturated rings. The van der Waals surface area contributed by atoms with Crippen LogP contribution in [0.5, 0.6) is 0 Å². The molecule has 20 heavy (non-hydrogen) atoms. The van der Waals surface area contributed by atoms with Gasteiger partial charge in [-0.05, 0) is 57.2 Å². The highest BCUT2D eigenvalue weighted by Crippen LogP contribution is 2.54. The monoisotopic (exact) mass is 274 g/mol. The van der Waals surface area contributed by atoms with Crippen LogP contribution in [0.15, 0.2) is 30.3 Å². The van der Waals surface area contributed by atoms with Crippen LogP contribution in [-0.4, -0.2) is 29.6 Å². The molecule has 1 saturated carbocycles. The first-order valence-corrected chi connectivity index (χ1v) is 7.86. The van der Waals surface area contributed by atoms with E-state index in [1.807, 2.05) is 0 Å². The molecule has 3 aliphatic heterocycles. The van der Waals surface area contributed by atoms with Crippen LogP contribution in [0.2, 0.25) is 0 Å². The highest BCUT2D eigenvalue weighted by molar-refractivity contribution is 5.22. The highest BCUT2D eigenvalue weighted by atomic mass is 15.3. The van der Waals surface area contributed by atoms with Gasteiger partial charge in [0.25, 0.3) is 0 Å². The van der Waals surface area contributed by atoms with Gasteiger partial charge in [0.05, 0.1) is 0 Å². The van der Waals surface area contributed by atoms with E-state index < -0.39 is 0 Å². The van der Waals surface area contributed by atoms with Gasteiger partial charge in [-0.2, -0.15) is 0 Å². The van der Waals surface area contributed by atoms with Crippen LogP contribution in [-0.2, 0) is 0 Å². The standard InChI is InChI=1S/C17H24N2.CH4.H2/c1-13(14-5-3-2-4-6-14)18-16-15-7-11-19(12-8-15)17(16)9-10-17;;/h2-6,13,15-16,18H,7-12H2,1H3;1H4;1H/t13-,16-;;/m0../s1. The summed E-state index contributed by atoms with van der Waals surface area (Å²) in [6.45, 7) is 5.02. The molecule has 1 aromatic rings. The molecular weight excluding hydrogens is 244 g/mol. The summed E-state index contributed by atoms with van der Waals surface area (Å²) >= 11 is 0. The molecule has 2 bridgehead atoms. The summed E-state index contributed by atoms with van der Waals surface area (Å²) in [4.78, 5) is 2.78. The Hall–Kier alpha value is -0.860. The predicted molar refractivity (Wildman–Crippen MR) is 86.9 cm³/mol. The summed E-state index contributed by atoms with van der Waals surface area (Å²) < 4.78 is 0. The number of piperidine rings is 3. The molecule has 3 saturated heterocycles. The van der Waals surface area contributed by atoms with Crippen molar-refractivity contribution in [2.75, 3.05) is 13.1 Å². The van der Waals surface area contributed by atoms with Gasteiger partial charge in [0.1, 0.15) is 0 Å². The lowest BCUT2D eigenvalue weighted by Gasteiger charge is -2.53. The van der Waals surface area contributed by atoms with E-state index in [1.165, 1.54) is 44.3 Å². The summed E-state index contributed by atoms with van der Waals surface area (Å²) in [6.07, 6.45) is 5.65. The van der Waals surface area contributed by atoms with Crippen LogP contribution in [0.4, 0.5) is 0 Å². The van der Waals surface area contributed by atoms with Crippen molar-refractivity contribution in [2.45, 2.75) is 57.7 Å². The quantitative estimate of drug-likeness (QED) is 0.900. The summed E-state index contributed by atoms with van der Waals surface area (Å²) in [5, 5.41) is 3.98. The maximum absolute atomic E-state index is 3.98. The number of hydrogen-bond acceptors (Lipinski definition) is 2. The molecule has 2 nitrogen and oxygen atoms in total. The third-order valence-corrected chi connectivity index (χ3v) is 5.71. The van der Waals surface area contributed by atoms with Gasteiger partial charge in [0.15, 0.2) is 0 Å². The molecule has 1 aromatic carbocycles. The fourth-order valence-corrected chi connectivity index (χ4v) is 4.47. The molecule has 1 N–H and O–H groups in total. The third kappa shape index (κ3) is 2.10. The molecule has 0 unspecified atom stereocenters. The molecule has 0 aromatic heterocycles. The fraction of sp³-hybridized carbons (Fsp3) is 0.667. The van der Waals surface area contributed by atoms with Gasteiger partial charge >= 0.3 is 0 Å². The van der Waals surface area contributed by atoms with E-state index in [1.54, 1.807) is 0 Å². The fourth-order valence-electron chi connectivity index (χ4n) is 4.47. The second kappa shape index (κ2) is 5.16. The molecule has 112 valence electrons. The zero-order chi connectivity index (χ0) is 12.9. The number of rotatable bonds is 3. The van der Waals surface area contributed by atoms with Gasteiger partial charge in [-0.1, -0.05) is 37.8 Å². The zero-order valence-electron chi connectivity index (χ0n) is 11.8. The van der Waals surface area contributed by atoms with E-state index in [0.717, 1.165) is 12.0 Å². The van der Waals surface area contributed by atoms with Gasteiger partial charge in [-0.3, -0.25) is 4.90 Å². The molecule has 2 atom stereocenters. The minimum absolute atomic E-state index is 0. The Kier molecular flexibility index (Phi) is 3.64. The second-order valence-electron chi connectivity index (χ2n) is 6.70. The first-order valence-electron chi connectivity index (χ1n) is 7.86. The van der Waals surface area contributed by atoms with E-state index in [4.69, 9.17) is 0 Å². The number of hydrogen-bond donors (Lipinski definition) is 1. The van der Waals surface area contributed by atoms with Crippen molar-refractivity contribution in [1.82, 2.24) is 10.2 Å². The molecule has 0 amide bonds. The maximum Gasteiger partial charge on any atom is 0.0366 e. The minimum atomic E-state index is 0. The zero-order valence-corrected chi connectivity index (χ0v) is 11.8. The molecule has 2 heteroatoms. The maximum atomic E-state index is 3.98. The van der Waals surface area contributed by atoms with Crippen LogP contribution >= 0.6 is 0 Å². The van der Waals surface area contributed by atoms with Crippen molar-refractivity contribution < 1.29 is 1.43 Å². The average Bonchev–Trinajstić information content (AvgIpc) is 3.25. The van der Waals surface area contributed by atoms with Crippen molar-refractivity contribution in [3.05, 3.63) is 35.9 Å². The SMILES string of the molecule is C.C[C@H](N[C@H]1C2CCN(CC2)C12CC2)c1ccccc1.[HH]. The van der Waals surface area contributed by atoms with Crippen molar-refractivity contribution >= 4 is 0 Å². The lowest BCUT2D eigenvalue weighted by atomic mass is 9.76. The largest absolute Gasteiger partial charge is 0.305 e. The number of benzene rings is 1. The average molecular weight is 274 g/mol. The van der Waals surface area contributed by atoms with Crippen molar-refractivity contribution in [3.8, 4) is 0 Å². The molecule has 3 heterocycles. The highest BCUT2D eigenvalue weighted by Gasteiger charge is 2.60. The van der Waals surface area contributed by atoms with E-state index >= 15 is 0 Å². The Labute approximate surface area is 125 Å².